The van der Waals surface area contributed by atoms with Crippen LogP contribution in [0.25, 0.3) is 0 Å². The third kappa shape index (κ3) is 5.15. The molecule has 2 aromatic rings. The van der Waals surface area contributed by atoms with E-state index in [1.54, 1.807) is 19.1 Å². The van der Waals surface area contributed by atoms with E-state index in [9.17, 15) is 14.4 Å². The minimum absolute atomic E-state index is 0.222. The van der Waals surface area contributed by atoms with Gasteiger partial charge in [0.05, 0.1) is 7.11 Å². The Balaban J connectivity index is 1.71. The van der Waals surface area contributed by atoms with Gasteiger partial charge in [0.25, 0.3) is 5.91 Å². The van der Waals surface area contributed by atoms with Gasteiger partial charge in [-0.25, -0.2) is 4.79 Å². The molecule has 1 saturated carbocycles. The van der Waals surface area contributed by atoms with Crippen LogP contribution in [0.3, 0.4) is 0 Å². The zero-order chi connectivity index (χ0) is 21.6. The second-order valence-corrected chi connectivity index (χ2v) is 8.23. The Hall–Kier alpha value is -2.95. The first kappa shape index (κ1) is 21.8. The molecule has 5 nitrogen and oxygen atoms in total. The molecular formula is C25H29NO4. The Morgan fingerprint density at radius 2 is 1.60 bits per heavy atom. The monoisotopic (exact) mass is 407 g/mol. The Bertz CT molecular complexity index is 885. The van der Waals surface area contributed by atoms with Crippen LogP contribution in [0.15, 0.2) is 54.6 Å². The molecule has 1 atom stereocenters. The molecule has 0 aliphatic heterocycles. The molecule has 2 aromatic carbocycles. The first-order chi connectivity index (χ1) is 14.4. The number of carbonyl (C=O) groups excluding carboxylic acids is 3. The second-order valence-electron chi connectivity index (χ2n) is 8.23. The maximum absolute atomic E-state index is 12.7. The lowest BCUT2D eigenvalue weighted by Gasteiger charge is -2.27. The van der Waals surface area contributed by atoms with Crippen molar-refractivity contribution in [2.24, 2.45) is 0 Å². The maximum atomic E-state index is 12.7. The normalized spacial score (nSPS) is 16.3. The van der Waals surface area contributed by atoms with Crippen molar-refractivity contribution in [3.63, 3.8) is 0 Å². The summed E-state index contributed by atoms with van der Waals surface area (Å²) in [4.78, 5) is 37.8. The highest BCUT2D eigenvalue weighted by Crippen LogP contribution is 2.32. The lowest BCUT2D eigenvalue weighted by molar-refractivity contribution is -0.149. The lowest BCUT2D eigenvalue weighted by Crippen LogP contribution is -2.56. The number of methoxy groups -OCH3 is 1. The van der Waals surface area contributed by atoms with Crippen LogP contribution in [0.2, 0.25) is 0 Å². The molecule has 1 unspecified atom stereocenters. The topological polar surface area (TPSA) is 72.5 Å². The summed E-state index contributed by atoms with van der Waals surface area (Å²) >= 11 is 0. The molecule has 30 heavy (non-hydrogen) atoms. The van der Waals surface area contributed by atoms with Crippen molar-refractivity contribution in [3.05, 3.63) is 71.3 Å². The number of hydrogen-bond donors (Lipinski definition) is 1. The van der Waals surface area contributed by atoms with Crippen molar-refractivity contribution in [2.75, 3.05) is 7.11 Å². The van der Waals surface area contributed by atoms with Gasteiger partial charge in [0.1, 0.15) is 5.54 Å². The van der Waals surface area contributed by atoms with Gasteiger partial charge in [-0.2, -0.15) is 0 Å². The number of nitrogens with one attached hydrogen (secondary N) is 1. The number of Topliss-reactive ketones (excluding diaryl/α,β-unsaturated/α-hetero) is 1. The lowest BCUT2D eigenvalue weighted by atomic mass is 9.84. The van der Waals surface area contributed by atoms with E-state index >= 15 is 0 Å². The number of amides is 1. The second kappa shape index (κ2) is 9.70. The molecule has 1 N–H and O–H groups in total. The van der Waals surface area contributed by atoms with Crippen molar-refractivity contribution in [1.82, 2.24) is 5.32 Å². The summed E-state index contributed by atoms with van der Waals surface area (Å²) in [5.41, 5.74) is 1.05. The molecule has 0 aromatic heterocycles. The standard InChI is InChI=1S/C25H29NO4/c1-25(24(29)30-2,17-18-9-5-3-6-10-18)26-23(28)22(27)21-15-13-20(14-16-21)19-11-7-4-8-12-19/h3,5-6,9-10,13-16,19H,4,7-8,11-12,17H2,1-2H3,(H,26,28). The van der Waals surface area contributed by atoms with E-state index in [0.29, 0.717) is 11.5 Å². The summed E-state index contributed by atoms with van der Waals surface area (Å²) in [5, 5.41) is 2.61. The van der Waals surface area contributed by atoms with Gasteiger partial charge in [0, 0.05) is 12.0 Å². The highest BCUT2D eigenvalue weighted by atomic mass is 16.5. The SMILES string of the molecule is COC(=O)C(C)(Cc1ccccc1)NC(=O)C(=O)c1ccc(C2CCCCC2)cc1. The number of rotatable bonds is 7. The fourth-order valence-corrected chi connectivity index (χ4v) is 4.18. The van der Waals surface area contributed by atoms with Crippen molar-refractivity contribution in [2.45, 2.75) is 56.9 Å². The third-order valence-corrected chi connectivity index (χ3v) is 5.88. The molecule has 5 heteroatoms. The fraction of sp³-hybridized carbons (Fsp3) is 0.400. The van der Waals surface area contributed by atoms with Crippen LogP contribution >= 0.6 is 0 Å². The van der Waals surface area contributed by atoms with E-state index in [2.05, 4.69) is 5.32 Å². The average molecular weight is 408 g/mol. The largest absolute Gasteiger partial charge is 0.467 e. The highest BCUT2D eigenvalue weighted by molar-refractivity contribution is 6.43. The van der Waals surface area contributed by atoms with Gasteiger partial charge >= 0.3 is 5.97 Å². The van der Waals surface area contributed by atoms with E-state index in [1.165, 1.54) is 44.8 Å². The Labute approximate surface area is 177 Å². The summed E-state index contributed by atoms with van der Waals surface area (Å²) in [7, 11) is 1.27. The Kier molecular flexibility index (Phi) is 7.03. The Morgan fingerprint density at radius 3 is 2.20 bits per heavy atom. The molecule has 1 fully saturated rings. The summed E-state index contributed by atoms with van der Waals surface area (Å²) < 4.78 is 4.89. The third-order valence-electron chi connectivity index (χ3n) is 5.88. The molecule has 1 aliphatic rings. The van der Waals surface area contributed by atoms with Crippen molar-refractivity contribution in [1.29, 1.82) is 0 Å². The molecule has 158 valence electrons. The van der Waals surface area contributed by atoms with Crippen LogP contribution in [0.5, 0.6) is 0 Å². The first-order valence-corrected chi connectivity index (χ1v) is 10.5. The molecule has 0 heterocycles. The molecular weight excluding hydrogens is 378 g/mol. The number of ketones is 1. The van der Waals surface area contributed by atoms with E-state index in [0.717, 1.165) is 5.56 Å². The zero-order valence-electron chi connectivity index (χ0n) is 17.6. The van der Waals surface area contributed by atoms with Gasteiger partial charge in [-0.3, -0.25) is 9.59 Å². The van der Waals surface area contributed by atoms with Gasteiger partial charge in [-0.15, -0.1) is 0 Å². The van der Waals surface area contributed by atoms with Crippen molar-refractivity contribution in [3.8, 4) is 0 Å². The predicted octanol–water partition coefficient (Wildman–Crippen LogP) is 4.21. The van der Waals surface area contributed by atoms with E-state index in [4.69, 9.17) is 4.74 Å². The molecule has 0 spiro atoms. The van der Waals surface area contributed by atoms with Crippen LogP contribution in [0.1, 0.15) is 66.4 Å². The quantitative estimate of drug-likeness (QED) is 0.424. The molecule has 1 amide bonds. The Morgan fingerprint density at radius 1 is 0.967 bits per heavy atom. The fourth-order valence-electron chi connectivity index (χ4n) is 4.18. The molecule has 3 rings (SSSR count). The van der Waals surface area contributed by atoms with Crippen LogP contribution in [0.4, 0.5) is 0 Å². The summed E-state index contributed by atoms with van der Waals surface area (Å²) in [6.45, 7) is 1.57. The number of hydrogen-bond acceptors (Lipinski definition) is 4. The minimum Gasteiger partial charge on any atom is -0.467 e. The van der Waals surface area contributed by atoms with E-state index in [-0.39, 0.29) is 6.42 Å². The minimum atomic E-state index is -1.34. The highest BCUT2D eigenvalue weighted by Gasteiger charge is 2.38. The molecule has 0 saturated heterocycles. The van der Waals surface area contributed by atoms with Crippen LogP contribution < -0.4 is 5.32 Å². The predicted molar refractivity (Wildman–Crippen MR) is 115 cm³/mol. The summed E-state index contributed by atoms with van der Waals surface area (Å²) in [6, 6.07) is 16.6. The van der Waals surface area contributed by atoms with Crippen LogP contribution in [-0.4, -0.2) is 30.3 Å². The van der Waals surface area contributed by atoms with Gasteiger partial charge in [0.15, 0.2) is 0 Å². The molecule has 0 radical (unpaired) electrons. The average Bonchev–Trinajstić information content (AvgIpc) is 2.79. The van der Waals surface area contributed by atoms with Crippen molar-refractivity contribution >= 4 is 17.7 Å². The summed E-state index contributed by atoms with van der Waals surface area (Å²) in [5.74, 6) is -1.54. The van der Waals surface area contributed by atoms with Crippen LogP contribution in [0, 0.1) is 0 Å². The van der Waals surface area contributed by atoms with Gasteiger partial charge in [0.2, 0.25) is 5.78 Å². The van der Waals surface area contributed by atoms with E-state index in [1.807, 2.05) is 42.5 Å². The molecule has 1 aliphatic carbocycles. The summed E-state index contributed by atoms with van der Waals surface area (Å²) in [6.07, 6.45) is 6.33. The van der Waals surface area contributed by atoms with Gasteiger partial charge in [-0.05, 0) is 36.8 Å². The van der Waals surface area contributed by atoms with Crippen molar-refractivity contribution < 1.29 is 19.1 Å². The molecule has 0 bridgehead atoms. The van der Waals surface area contributed by atoms with E-state index < -0.39 is 23.2 Å². The zero-order valence-corrected chi connectivity index (χ0v) is 17.6. The van der Waals surface area contributed by atoms with Gasteiger partial charge < -0.3 is 10.1 Å². The smallest absolute Gasteiger partial charge is 0.331 e. The maximum Gasteiger partial charge on any atom is 0.331 e. The van der Waals surface area contributed by atoms with Gasteiger partial charge in [-0.1, -0.05) is 73.9 Å². The number of benzene rings is 2. The number of carbonyl (C=O) groups is 3. The number of esters is 1. The number of ether oxygens (including phenoxy) is 1. The first-order valence-electron chi connectivity index (χ1n) is 10.5. The van der Waals surface area contributed by atoms with Crippen LogP contribution in [-0.2, 0) is 20.7 Å².